The number of rotatable bonds is 3. The van der Waals surface area contributed by atoms with E-state index in [1.165, 1.54) is 23.9 Å². The highest BCUT2D eigenvalue weighted by atomic mass is 32.2. The van der Waals surface area contributed by atoms with Crippen LogP contribution in [0.4, 0.5) is 0 Å². The lowest BCUT2D eigenvalue weighted by Crippen LogP contribution is -2.40. The molecule has 18 heavy (non-hydrogen) atoms. The normalized spacial score (nSPS) is 12.5. The van der Waals surface area contributed by atoms with E-state index in [0.29, 0.717) is 0 Å². The summed E-state index contributed by atoms with van der Waals surface area (Å²) in [5, 5.41) is 0. The molecule has 1 aromatic rings. The molecule has 1 N–H and O–H groups in total. The van der Waals surface area contributed by atoms with Gasteiger partial charge in [0.1, 0.15) is 10.6 Å². The van der Waals surface area contributed by atoms with Crippen molar-refractivity contribution >= 4 is 16.0 Å². The van der Waals surface area contributed by atoms with Crippen molar-refractivity contribution in [3.63, 3.8) is 0 Å². The average molecular weight is 274 g/mol. The van der Waals surface area contributed by atoms with E-state index in [0.717, 1.165) is 0 Å². The Bertz CT molecular complexity index is 552. The first-order valence-corrected chi connectivity index (χ1v) is 6.84. The average Bonchev–Trinajstić information content (AvgIpc) is 2.56. The summed E-state index contributed by atoms with van der Waals surface area (Å²) in [6, 6.07) is 1.38. The highest BCUT2D eigenvalue weighted by Gasteiger charge is 2.29. The van der Waals surface area contributed by atoms with Crippen molar-refractivity contribution in [3.05, 3.63) is 18.0 Å². The van der Waals surface area contributed by atoms with E-state index in [2.05, 4.69) is 9.46 Å². The molecule has 0 atom stereocenters. The molecule has 0 aliphatic carbocycles. The molecule has 7 heteroatoms. The SMILES string of the molecule is COC(=O)c1c(S(=O)(=O)NC(C)(C)C)ccn1C. The number of nitrogens with zero attached hydrogens (tertiary/aromatic N) is 1. The van der Waals surface area contributed by atoms with Crippen molar-refractivity contribution in [1.82, 2.24) is 9.29 Å². The molecule has 0 spiro atoms. The fourth-order valence-corrected chi connectivity index (χ4v) is 3.16. The number of hydrogen-bond donors (Lipinski definition) is 1. The van der Waals surface area contributed by atoms with Gasteiger partial charge in [-0.1, -0.05) is 0 Å². The predicted molar refractivity (Wildman–Crippen MR) is 66.8 cm³/mol. The van der Waals surface area contributed by atoms with Crippen molar-refractivity contribution in [1.29, 1.82) is 0 Å². The van der Waals surface area contributed by atoms with Gasteiger partial charge in [-0.2, -0.15) is 0 Å². The second-order valence-corrected chi connectivity index (χ2v) is 6.64. The summed E-state index contributed by atoms with van der Waals surface area (Å²) < 4.78 is 32.8. The van der Waals surface area contributed by atoms with Crippen LogP contribution < -0.4 is 4.72 Å². The zero-order valence-corrected chi connectivity index (χ0v) is 12.0. The fourth-order valence-electron chi connectivity index (χ4n) is 1.52. The Morgan fingerprint density at radius 2 is 1.94 bits per heavy atom. The molecule has 0 fully saturated rings. The van der Waals surface area contributed by atoms with E-state index in [1.807, 2.05) is 0 Å². The summed E-state index contributed by atoms with van der Waals surface area (Å²) in [4.78, 5) is 11.5. The van der Waals surface area contributed by atoms with Gasteiger partial charge in [-0.15, -0.1) is 0 Å². The third kappa shape index (κ3) is 3.11. The van der Waals surface area contributed by atoms with E-state index < -0.39 is 21.5 Å². The third-order valence-corrected chi connectivity index (χ3v) is 3.93. The van der Waals surface area contributed by atoms with Gasteiger partial charge in [0.25, 0.3) is 0 Å². The first-order chi connectivity index (χ1) is 8.08. The van der Waals surface area contributed by atoms with Crippen LogP contribution in [0.2, 0.25) is 0 Å². The van der Waals surface area contributed by atoms with Gasteiger partial charge in [0.05, 0.1) is 7.11 Å². The molecular weight excluding hydrogens is 256 g/mol. The molecule has 0 amide bonds. The number of ether oxygens (including phenoxy) is 1. The molecule has 0 saturated heterocycles. The van der Waals surface area contributed by atoms with Crippen molar-refractivity contribution in [2.75, 3.05) is 7.11 Å². The van der Waals surface area contributed by atoms with Crippen molar-refractivity contribution in [2.45, 2.75) is 31.2 Å². The second-order valence-electron chi connectivity index (χ2n) is 4.99. The predicted octanol–water partition coefficient (Wildman–Crippen LogP) is 0.888. The second kappa shape index (κ2) is 4.74. The number of aryl methyl sites for hydroxylation is 1. The van der Waals surface area contributed by atoms with Gasteiger partial charge in [-0.05, 0) is 26.8 Å². The Kier molecular flexibility index (Phi) is 3.87. The van der Waals surface area contributed by atoms with Crippen LogP contribution in [-0.2, 0) is 21.8 Å². The lowest BCUT2D eigenvalue weighted by atomic mass is 10.1. The Labute approximate surface area is 107 Å². The highest BCUT2D eigenvalue weighted by Crippen LogP contribution is 2.19. The summed E-state index contributed by atoms with van der Waals surface area (Å²) in [7, 11) is -0.958. The molecule has 0 bridgehead atoms. The molecule has 1 rings (SSSR count). The van der Waals surface area contributed by atoms with Gasteiger partial charge < -0.3 is 9.30 Å². The van der Waals surface area contributed by atoms with Gasteiger partial charge in [-0.3, -0.25) is 0 Å². The fraction of sp³-hybridized carbons (Fsp3) is 0.545. The quantitative estimate of drug-likeness (QED) is 0.830. The van der Waals surface area contributed by atoms with Gasteiger partial charge in [0.15, 0.2) is 0 Å². The molecule has 0 aromatic carbocycles. The summed E-state index contributed by atoms with van der Waals surface area (Å²) in [6.07, 6.45) is 1.50. The number of sulfonamides is 1. The molecule has 0 saturated carbocycles. The Balaban J connectivity index is 3.31. The van der Waals surface area contributed by atoms with Crippen LogP contribution >= 0.6 is 0 Å². The highest BCUT2D eigenvalue weighted by molar-refractivity contribution is 7.89. The Hall–Kier alpha value is -1.34. The molecule has 0 aliphatic rings. The van der Waals surface area contributed by atoms with E-state index >= 15 is 0 Å². The van der Waals surface area contributed by atoms with Gasteiger partial charge >= 0.3 is 5.97 Å². The Morgan fingerprint density at radius 3 is 2.39 bits per heavy atom. The standard InChI is InChI=1S/C11H18N2O4S/c1-11(2,3)12-18(15,16)8-6-7-13(4)9(8)10(14)17-5/h6-7,12H,1-5H3. The van der Waals surface area contributed by atoms with Gasteiger partial charge in [-0.25, -0.2) is 17.9 Å². The molecular formula is C11H18N2O4S. The third-order valence-electron chi connectivity index (χ3n) is 2.14. The minimum absolute atomic E-state index is 0.00856. The van der Waals surface area contributed by atoms with Crippen LogP contribution in [0.3, 0.4) is 0 Å². The number of methoxy groups -OCH3 is 1. The summed E-state index contributed by atoms with van der Waals surface area (Å²) in [6.45, 7) is 5.18. The Morgan fingerprint density at radius 1 is 1.39 bits per heavy atom. The van der Waals surface area contributed by atoms with Crippen LogP contribution in [0.15, 0.2) is 17.2 Å². The maximum absolute atomic E-state index is 12.2. The van der Waals surface area contributed by atoms with Crippen molar-refractivity contribution < 1.29 is 17.9 Å². The van der Waals surface area contributed by atoms with E-state index in [9.17, 15) is 13.2 Å². The number of aromatic nitrogens is 1. The number of carbonyl (C=O) groups is 1. The minimum Gasteiger partial charge on any atom is -0.464 e. The molecule has 1 heterocycles. The van der Waals surface area contributed by atoms with E-state index in [1.54, 1.807) is 27.8 Å². The minimum atomic E-state index is -3.75. The lowest BCUT2D eigenvalue weighted by molar-refractivity contribution is 0.0585. The first kappa shape index (κ1) is 14.7. The number of hydrogen-bond acceptors (Lipinski definition) is 4. The molecule has 0 aliphatic heterocycles. The van der Waals surface area contributed by atoms with Gasteiger partial charge in [0, 0.05) is 18.8 Å². The van der Waals surface area contributed by atoms with Crippen LogP contribution in [-0.4, -0.2) is 31.6 Å². The summed E-state index contributed by atoms with van der Waals surface area (Å²) >= 11 is 0. The number of carbonyl (C=O) groups excluding carboxylic acids is 1. The molecule has 102 valence electrons. The number of nitrogens with one attached hydrogen (secondary N) is 1. The smallest absolute Gasteiger partial charge is 0.356 e. The van der Waals surface area contributed by atoms with Gasteiger partial charge in [0.2, 0.25) is 10.0 Å². The van der Waals surface area contributed by atoms with Crippen molar-refractivity contribution in [2.24, 2.45) is 7.05 Å². The monoisotopic (exact) mass is 274 g/mol. The molecule has 0 unspecified atom stereocenters. The zero-order chi connectivity index (χ0) is 14.1. The molecule has 0 radical (unpaired) electrons. The van der Waals surface area contributed by atoms with E-state index in [-0.39, 0.29) is 10.6 Å². The topological polar surface area (TPSA) is 77.4 Å². The van der Waals surface area contributed by atoms with Crippen LogP contribution in [0.1, 0.15) is 31.3 Å². The lowest BCUT2D eigenvalue weighted by Gasteiger charge is -2.20. The maximum atomic E-state index is 12.2. The van der Waals surface area contributed by atoms with Crippen molar-refractivity contribution in [3.8, 4) is 0 Å². The van der Waals surface area contributed by atoms with Crippen LogP contribution in [0.5, 0.6) is 0 Å². The first-order valence-electron chi connectivity index (χ1n) is 5.36. The summed E-state index contributed by atoms with van der Waals surface area (Å²) in [5.41, 5.74) is -0.614. The largest absolute Gasteiger partial charge is 0.464 e. The maximum Gasteiger partial charge on any atom is 0.356 e. The van der Waals surface area contributed by atoms with E-state index in [4.69, 9.17) is 0 Å². The van der Waals surface area contributed by atoms with Crippen LogP contribution in [0, 0.1) is 0 Å². The molecule has 6 nitrogen and oxygen atoms in total. The summed E-state index contributed by atoms with van der Waals surface area (Å²) in [5.74, 6) is -0.684. The number of esters is 1. The zero-order valence-electron chi connectivity index (χ0n) is 11.1. The van der Waals surface area contributed by atoms with Crippen LogP contribution in [0.25, 0.3) is 0 Å². The molecule has 1 aromatic heterocycles.